The van der Waals surface area contributed by atoms with Gasteiger partial charge in [-0.05, 0) is 35.9 Å². The molecule has 0 radical (unpaired) electrons. The van der Waals surface area contributed by atoms with E-state index < -0.39 is 0 Å². The van der Waals surface area contributed by atoms with Crippen molar-refractivity contribution < 1.29 is 14.3 Å². The molecule has 0 aliphatic carbocycles. The van der Waals surface area contributed by atoms with E-state index >= 15 is 0 Å². The predicted octanol–water partition coefficient (Wildman–Crippen LogP) is 3.05. The topological polar surface area (TPSA) is 77.7 Å². The zero-order chi connectivity index (χ0) is 20.0. The van der Waals surface area contributed by atoms with Gasteiger partial charge in [-0.2, -0.15) is 5.10 Å². The van der Waals surface area contributed by atoms with Gasteiger partial charge in [0.05, 0.1) is 25.6 Å². The summed E-state index contributed by atoms with van der Waals surface area (Å²) in [6.07, 6.45) is 5.09. The summed E-state index contributed by atoms with van der Waals surface area (Å²) in [6, 6.07) is 9.43. The maximum absolute atomic E-state index is 12.8. The molecular formula is C22H20N4O3. The molecule has 2 aromatic carbocycles. The van der Waals surface area contributed by atoms with Crippen molar-refractivity contribution in [2.45, 2.75) is 12.8 Å². The van der Waals surface area contributed by atoms with E-state index in [1.54, 1.807) is 24.1 Å². The molecule has 0 saturated carbocycles. The first kappa shape index (κ1) is 17.5. The summed E-state index contributed by atoms with van der Waals surface area (Å²) in [4.78, 5) is 17.5. The molecule has 1 aromatic heterocycles. The molecule has 7 nitrogen and oxygen atoms in total. The van der Waals surface area contributed by atoms with Crippen LogP contribution < -0.4 is 14.8 Å². The Balaban J connectivity index is 1.45. The van der Waals surface area contributed by atoms with E-state index in [1.807, 2.05) is 37.5 Å². The molecule has 2 aliphatic heterocycles. The highest BCUT2D eigenvalue weighted by atomic mass is 16.5. The largest absolute Gasteiger partial charge is 0.496 e. The molecule has 0 saturated heterocycles. The minimum atomic E-state index is -0.173. The van der Waals surface area contributed by atoms with Gasteiger partial charge in [-0.25, -0.2) is 4.99 Å². The number of rotatable bonds is 3. The average molecular weight is 388 g/mol. The number of aliphatic imine (C=N–C) groups is 1. The van der Waals surface area contributed by atoms with Crippen LogP contribution in [0.2, 0.25) is 0 Å². The van der Waals surface area contributed by atoms with Crippen LogP contribution in [0.1, 0.15) is 21.5 Å². The van der Waals surface area contributed by atoms with Gasteiger partial charge >= 0.3 is 0 Å². The summed E-state index contributed by atoms with van der Waals surface area (Å²) in [5, 5.41) is 7.22. The SMILES string of the molecule is COc1ccc(-c2cnn(C)c2)c2c1CC(NC(=O)c1ccc3c(c1)CCO3)=N2. The highest BCUT2D eigenvalue weighted by Crippen LogP contribution is 2.42. The molecule has 0 bridgehead atoms. The first-order valence-corrected chi connectivity index (χ1v) is 9.46. The van der Waals surface area contributed by atoms with Gasteiger partial charge in [0.2, 0.25) is 0 Å². The zero-order valence-electron chi connectivity index (χ0n) is 16.2. The number of nitrogens with zero attached hydrogens (tertiary/aromatic N) is 3. The second-order valence-corrected chi connectivity index (χ2v) is 7.16. The van der Waals surface area contributed by atoms with Crippen LogP contribution in [0.25, 0.3) is 11.1 Å². The lowest BCUT2D eigenvalue weighted by molar-refractivity contribution is 0.0976. The van der Waals surface area contributed by atoms with Crippen LogP contribution in [0.3, 0.4) is 0 Å². The number of hydrogen-bond acceptors (Lipinski definition) is 5. The van der Waals surface area contributed by atoms with E-state index in [1.165, 1.54) is 0 Å². The Hall–Kier alpha value is -3.61. The molecule has 0 spiro atoms. The van der Waals surface area contributed by atoms with Gasteiger partial charge < -0.3 is 14.8 Å². The Morgan fingerprint density at radius 3 is 2.97 bits per heavy atom. The van der Waals surface area contributed by atoms with Crippen LogP contribution in [0, 0.1) is 0 Å². The van der Waals surface area contributed by atoms with E-state index in [2.05, 4.69) is 10.4 Å². The van der Waals surface area contributed by atoms with Crippen molar-refractivity contribution in [3.63, 3.8) is 0 Å². The fraction of sp³-hybridized carbons (Fsp3) is 0.227. The number of carbonyl (C=O) groups is 1. The van der Waals surface area contributed by atoms with E-state index in [0.29, 0.717) is 24.4 Å². The third-order valence-corrected chi connectivity index (χ3v) is 5.28. The van der Waals surface area contributed by atoms with Crippen molar-refractivity contribution in [1.29, 1.82) is 0 Å². The Kier molecular flexibility index (Phi) is 4.08. The van der Waals surface area contributed by atoms with Crippen molar-refractivity contribution >= 4 is 17.4 Å². The number of methoxy groups -OCH3 is 1. The van der Waals surface area contributed by atoms with Crippen molar-refractivity contribution in [2.24, 2.45) is 12.0 Å². The molecule has 146 valence electrons. The normalized spacial score (nSPS) is 14.1. The average Bonchev–Trinajstić information content (AvgIpc) is 3.45. The van der Waals surface area contributed by atoms with Crippen LogP contribution in [0.15, 0.2) is 47.7 Å². The van der Waals surface area contributed by atoms with Gasteiger partial charge in [-0.1, -0.05) is 0 Å². The summed E-state index contributed by atoms with van der Waals surface area (Å²) in [5.41, 5.74) is 5.39. The highest BCUT2D eigenvalue weighted by Gasteiger charge is 2.25. The minimum absolute atomic E-state index is 0.173. The number of hydrogen-bond donors (Lipinski definition) is 1. The zero-order valence-corrected chi connectivity index (χ0v) is 16.2. The second kappa shape index (κ2) is 6.77. The Morgan fingerprint density at radius 2 is 2.17 bits per heavy atom. The van der Waals surface area contributed by atoms with Gasteiger partial charge in [0.25, 0.3) is 5.91 Å². The third-order valence-electron chi connectivity index (χ3n) is 5.28. The summed E-state index contributed by atoms with van der Waals surface area (Å²) >= 11 is 0. The molecule has 5 rings (SSSR count). The predicted molar refractivity (Wildman–Crippen MR) is 109 cm³/mol. The fourth-order valence-corrected chi connectivity index (χ4v) is 3.85. The maximum Gasteiger partial charge on any atom is 0.256 e. The summed E-state index contributed by atoms with van der Waals surface area (Å²) < 4.78 is 12.8. The van der Waals surface area contributed by atoms with Crippen LogP contribution in [-0.2, 0) is 19.9 Å². The fourth-order valence-electron chi connectivity index (χ4n) is 3.85. The lowest BCUT2D eigenvalue weighted by Gasteiger charge is -2.09. The highest BCUT2D eigenvalue weighted by molar-refractivity contribution is 6.10. The molecule has 2 aliphatic rings. The number of aromatic nitrogens is 2. The number of ether oxygens (including phenoxy) is 2. The van der Waals surface area contributed by atoms with Crippen molar-refractivity contribution in [1.82, 2.24) is 15.1 Å². The first-order chi connectivity index (χ1) is 14.1. The Labute approximate surface area is 168 Å². The van der Waals surface area contributed by atoms with Crippen LogP contribution in [0.5, 0.6) is 11.5 Å². The Morgan fingerprint density at radius 1 is 1.28 bits per heavy atom. The number of amides is 1. The van der Waals surface area contributed by atoms with Crippen molar-refractivity contribution in [2.75, 3.05) is 13.7 Å². The molecule has 1 N–H and O–H groups in total. The number of amidine groups is 1. The summed E-state index contributed by atoms with van der Waals surface area (Å²) in [6.45, 7) is 0.666. The van der Waals surface area contributed by atoms with E-state index in [9.17, 15) is 4.79 Å². The second-order valence-electron chi connectivity index (χ2n) is 7.16. The van der Waals surface area contributed by atoms with Gasteiger partial charge in [-0.3, -0.25) is 9.48 Å². The lowest BCUT2D eigenvalue weighted by Crippen LogP contribution is -2.30. The third kappa shape index (κ3) is 3.04. The molecule has 0 atom stereocenters. The summed E-state index contributed by atoms with van der Waals surface area (Å²) in [5.74, 6) is 2.05. The van der Waals surface area contributed by atoms with E-state index in [4.69, 9.17) is 14.5 Å². The minimum Gasteiger partial charge on any atom is -0.496 e. The first-order valence-electron chi connectivity index (χ1n) is 9.46. The number of fused-ring (bicyclic) bond motifs is 2. The Bertz CT molecular complexity index is 1160. The molecular weight excluding hydrogens is 368 g/mol. The molecule has 3 heterocycles. The number of aryl methyl sites for hydroxylation is 1. The summed E-state index contributed by atoms with van der Waals surface area (Å²) in [7, 11) is 3.52. The van der Waals surface area contributed by atoms with Crippen LogP contribution in [0.4, 0.5) is 5.69 Å². The standard InChI is InChI=1S/C22H20N4O3/c1-26-12-15(11-23-26)16-4-6-19(28-2)17-10-20(24-21(16)17)25-22(27)14-3-5-18-13(9-14)7-8-29-18/h3-6,9,11-12H,7-8,10H2,1-2H3,(H,24,25,27). The van der Waals surface area contributed by atoms with Gasteiger partial charge in [-0.15, -0.1) is 0 Å². The van der Waals surface area contributed by atoms with E-state index in [0.717, 1.165) is 45.9 Å². The van der Waals surface area contributed by atoms with Crippen molar-refractivity contribution in [3.8, 4) is 22.6 Å². The molecule has 0 fully saturated rings. The molecule has 1 amide bonds. The molecule has 7 heteroatoms. The number of carbonyl (C=O) groups excluding carboxylic acids is 1. The number of nitrogens with one attached hydrogen (secondary N) is 1. The van der Waals surface area contributed by atoms with Gasteiger partial charge in [0.1, 0.15) is 17.3 Å². The van der Waals surface area contributed by atoms with E-state index in [-0.39, 0.29) is 5.91 Å². The van der Waals surface area contributed by atoms with Crippen molar-refractivity contribution in [3.05, 3.63) is 59.4 Å². The van der Waals surface area contributed by atoms with Gasteiger partial charge in [0, 0.05) is 48.3 Å². The lowest BCUT2D eigenvalue weighted by atomic mass is 10.0. The quantitative estimate of drug-likeness (QED) is 0.748. The smallest absolute Gasteiger partial charge is 0.256 e. The van der Waals surface area contributed by atoms with Crippen LogP contribution >= 0.6 is 0 Å². The molecule has 0 unspecified atom stereocenters. The van der Waals surface area contributed by atoms with Gasteiger partial charge in [0.15, 0.2) is 0 Å². The maximum atomic E-state index is 12.8. The number of benzene rings is 2. The van der Waals surface area contributed by atoms with Crippen LogP contribution in [-0.4, -0.2) is 35.2 Å². The molecule has 29 heavy (non-hydrogen) atoms. The monoisotopic (exact) mass is 388 g/mol. The molecule has 3 aromatic rings.